The van der Waals surface area contributed by atoms with Crippen LogP contribution in [0, 0.1) is 0 Å². The van der Waals surface area contributed by atoms with Crippen molar-refractivity contribution >= 4 is 11.6 Å². The molecule has 84 valence electrons. The van der Waals surface area contributed by atoms with Crippen LogP contribution in [0.25, 0.3) is 0 Å². The molecule has 2 N–H and O–H groups in total. The lowest BCUT2D eigenvalue weighted by Gasteiger charge is -2.11. The van der Waals surface area contributed by atoms with Crippen LogP contribution in [0.15, 0.2) is 18.2 Å². The Hall–Kier alpha value is -0.770. The minimum Gasteiger partial charge on any atom is -0.489 e. The fraction of sp³-hybridized carbons (Fsp3) is 0.455. The van der Waals surface area contributed by atoms with Crippen molar-refractivity contribution in [2.24, 2.45) is 0 Å². The second kappa shape index (κ2) is 5.95. The molecular formula is C11H15ClO3. The van der Waals surface area contributed by atoms with Gasteiger partial charge in [-0.2, -0.15) is 0 Å². The van der Waals surface area contributed by atoms with E-state index in [4.69, 9.17) is 21.4 Å². The predicted octanol–water partition coefficient (Wildman–Crippen LogP) is 1.98. The Kier molecular flexibility index (Phi) is 4.88. The summed E-state index contributed by atoms with van der Waals surface area (Å²) in [5.74, 6) is 0.529. The van der Waals surface area contributed by atoms with Gasteiger partial charge < -0.3 is 14.9 Å². The molecule has 15 heavy (non-hydrogen) atoms. The smallest absolute Gasteiger partial charge is 0.138 e. The minimum absolute atomic E-state index is 0.0441. The molecule has 3 nitrogen and oxygen atoms in total. The van der Waals surface area contributed by atoms with E-state index < -0.39 is 6.10 Å². The van der Waals surface area contributed by atoms with Crippen molar-refractivity contribution in [3.8, 4) is 5.75 Å². The maximum absolute atomic E-state index is 9.30. The molecule has 0 radical (unpaired) electrons. The van der Waals surface area contributed by atoms with Crippen molar-refractivity contribution in [2.45, 2.75) is 26.1 Å². The molecule has 4 heteroatoms. The molecule has 0 aliphatic heterocycles. The van der Waals surface area contributed by atoms with E-state index in [0.29, 0.717) is 17.2 Å². The van der Waals surface area contributed by atoms with Gasteiger partial charge in [-0.25, -0.2) is 0 Å². The Balaban J connectivity index is 2.62. The Morgan fingerprint density at radius 3 is 2.73 bits per heavy atom. The molecule has 1 aromatic carbocycles. The number of rotatable bonds is 5. The number of hydrogen-bond donors (Lipinski definition) is 2. The molecule has 0 heterocycles. The number of aliphatic hydroxyl groups excluding tert-OH is 2. The second-order valence-electron chi connectivity index (χ2n) is 3.30. The van der Waals surface area contributed by atoms with Crippen LogP contribution in [0.3, 0.4) is 0 Å². The Bertz CT molecular complexity index is 315. The molecule has 1 rings (SSSR count). The maximum atomic E-state index is 9.30. The average molecular weight is 231 g/mol. The van der Waals surface area contributed by atoms with Crippen LogP contribution < -0.4 is 4.74 Å². The van der Waals surface area contributed by atoms with Crippen LogP contribution >= 0.6 is 11.6 Å². The van der Waals surface area contributed by atoms with Gasteiger partial charge in [0.2, 0.25) is 0 Å². The van der Waals surface area contributed by atoms with Crippen LogP contribution in [0.1, 0.15) is 18.9 Å². The average Bonchev–Trinajstić information content (AvgIpc) is 2.26. The van der Waals surface area contributed by atoms with E-state index in [1.807, 2.05) is 6.92 Å². The summed E-state index contributed by atoms with van der Waals surface area (Å²) in [6, 6.07) is 5.07. The van der Waals surface area contributed by atoms with E-state index >= 15 is 0 Å². The molecule has 0 amide bonds. The van der Waals surface area contributed by atoms with Crippen molar-refractivity contribution in [3.05, 3.63) is 28.8 Å². The summed E-state index contributed by atoms with van der Waals surface area (Å²) in [6.45, 7) is 2.07. The second-order valence-corrected chi connectivity index (χ2v) is 3.70. The third-order valence-corrected chi connectivity index (χ3v) is 2.38. The van der Waals surface area contributed by atoms with Gasteiger partial charge in [0.15, 0.2) is 0 Å². The lowest BCUT2D eigenvalue weighted by Crippen LogP contribution is -2.16. The van der Waals surface area contributed by atoms with Crippen molar-refractivity contribution < 1.29 is 14.9 Å². The zero-order valence-electron chi connectivity index (χ0n) is 8.61. The maximum Gasteiger partial charge on any atom is 0.138 e. The largest absolute Gasteiger partial charge is 0.489 e. The van der Waals surface area contributed by atoms with E-state index in [-0.39, 0.29) is 13.2 Å². The van der Waals surface area contributed by atoms with Crippen LogP contribution in [-0.4, -0.2) is 22.9 Å². The highest BCUT2D eigenvalue weighted by Crippen LogP contribution is 2.25. The normalized spacial score (nSPS) is 12.5. The van der Waals surface area contributed by atoms with Gasteiger partial charge in [-0.15, -0.1) is 0 Å². The highest BCUT2D eigenvalue weighted by Gasteiger charge is 2.05. The van der Waals surface area contributed by atoms with Gasteiger partial charge in [0, 0.05) is 0 Å². The third-order valence-electron chi connectivity index (χ3n) is 2.08. The fourth-order valence-corrected chi connectivity index (χ4v) is 1.32. The number of halogens is 1. The molecule has 0 spiro atoms. The van der Waals surface area contributed by atoms with Crippen LogP contribution in [0.5, 0.6) is 5.75 Å². The van der Waals surface area contributed by atoms with Crippen molar-refractivity contribution in [2.75, 3.05) is 6.61 Å². The van der Waals surface area contributed by atoms with Crippen LogP contribution in [0.4, 0.5) is 0 Å². The fourth-order valence-electron chi connectivity index (χ4n) is 1.06. The number of ether oxygens (including phenoxy) is 1. The monoisotopic (exact) mass is 230 g/mol. The first-order chi connectivity index (χ1) is 7.17. The molecule has 1 unspecified atom stereocenters. The highest BCUT2D eigenvalue weighted by molar-refractivity contribution is 6.32. The lowest BCUT2D eigenvalue weighted by atomic mass is 10.2. The Morgan fingerprint density at radius 2 is 2.20 bits per heavy atom. The molecule has 0 aliphatic rings. The third kappa shape index (κ3) is 3.70. The molecule has 0 fully saturated rings. The highest BCUT2D eigenvalue weighted by atomic mass is 35.5. The summed E-state index contributed by atoms with van der Waals surface area (Å²) in [6.07, 6.45) is 0.172. The standard InChI is InChI=1S/C11H15ClO3/c1-2-9(14)7-15-11-4-3-8(6-13)5-10(11)12/h3-5,9,13-14H,2,6-7H2,1H3. The van der Waals surface area contributed by atoms with Crippen LogP contribution in [0.2, 0.25) is 5.02 Å². The molecule has 1 aromatic rings. The summed E-state index contributed by atoms with van der Waals surface area (Å²) in [7, 11) is 0. The van der Waals surface area contributed by atoms with E-state index in [0.717, 1.165) is 5.56 Å². The molecule has 0 saturated carbocycles. The number of benzene rings is 1. The molecule has 0 aliphatic carbocycles. The summed E-state index contributed by atoms with van der Waals surface area (Å²) < 4.78 is 5.33. The predicted molar refractivity (Wildman–Crippen MR) is 59.2 cm³/mol. The summed E-state index contributed by atoms with van der Waals surface area (Å²) >= 11 is 5.92. The summed E-state index contributed by atoms with van der Waals surface area (Å²) in [5, 5.41) is 18.6. The quantitative estimate of drug-likeness (QED) is 0.813. The zero-order valence-corrected chi connectivity index (χ0v) is 9.37. The van der Waals surface area contributed by atoms with Gasteiger partial charge >= 0.3 is 0 Å². The first kappa shape index (κ1) is 12.3. The van der Waals surface area contributed by atoms with Crippen LogP contribution in [-0.2, 0) is 6.61 Å². The Morgan fingerprint density at radius 1 is 1.47 bits per heavy atom. The minimum atomic E-state index is -0.474. The van der Waals surface area contributed by atoms with Crippen molar-refractivity contribution in [3.63, 3.8) is 0 Å². The molecular weight excluding hydrogens is 216 g/mol. The van der Waals surface area contributed by atoms with Crippen molar-refractivity contribution in [1.29, 1.82) is 0 Å². The van der Waals surface area contributed by atoms with E-state index in [2.05, 4.69) is 0 Å². The van der Waals surface area contributed by atoms with Gasteiger partial charge in [0.25, 0.3) is 0 Å². The van der Waals surface area contributed by atoms with E-state index in [1.165, 1.54) is 0 Å². The lowest BCUT2D eigenvalue weighted by molar-refractivity contribution is 0.104. The first-order valence-corrected chi connectivity index (χ1v) is 5.25. The number of hydrogen-bond acceptors (Lipinski definition) is 3. The number of aliphatic hydroxyl groups is 2. The summed E-state index contributed by atoms with van der Waals surface area (Å²) in [4.78, 5) is 0. The molecule has 0 aromatic heterocycles. The van der Waals surface area contributed by atoms with Gasteiger partial charge in [-0.1, -0.05) is 24.6 Å². The van der Waals surface area contributed by atoms with E-state index in [9.17, 15) is 5.11 Å². The summed E-state index contributed by atoms with van der Waals surface area (Å²) in [5.41, 5.74) is 0.739. The SMILES string of the molecule is CCC(O)COc1ccc(CO)cc1Cl. The first-order valence-electron chi connectivity index (χ1n) is 4.87. The van der Waals surface area contributed by atoms with Gasteiger partial charge in [0.1, 0.15) is 12.4 Å². The van der Waals surface area contributed by atoms with Gasteiger partial charge in [-0.3, -0.25) is 0 Å². The van der Waals surface area contributed by atoms with E-state index in [1.54, 1.807) is 18.2 Å². The van der Waals surface area contributed by atoms with Gasteiger partial charge in [-0.05, 0) is 24.1 Å². The topological polar surface area (TPSA) is 49.7 Å². The zero-order chi connectivity index (χ0) is 11.3. The molecule has 1 atom stereocenters. The molecule has 0 saturated heterocycles. The van der Waals surface area contributed by atoms with Gasteiger partial charge in [0.05, 0.1) is 17.7 Å². The molecule has 0 bridgehead atoms. The Labute approximate surface area is 94.3 Å². The van der Waals surface area contributed by atoms with Crippen molar-refractivity contribution in [1.82, 2.24) is 0 Å².